The summed E-state index contributed by atoms with van der Waals surface area (Å²) in [6.45, 7) is 3.56. The van der Waals surface area contributed by atoms with Crippen molar-refractivity contribution in [2.24, 2.45) is 11.8 Å². The van der Waals surface area contributed by atoms with Gasteiger partial charge in [-0.15, -0.1) is 0 Å². The van der Waals surface area contributed by atoms with Gasteiger partial charge in [-0.25, -0.2) is 0 Å². The van der Waals surface area contributed by atoms with Gasteiger partial charge < -0.3 is 15.5 Å². The molecule has 120 valence electrons. The van der Waals surface area contributed by atoms with Gasteiger partial charge in [-0.1, -0.05) is 0 Å². The zero-order valence-corrected chi connectivity index (χ0v) is 13.0. The predicted molar refractivity (Wildman–Crippen MR) is 80.8 cm³/mol. The van der Waals surface area contributed by atoms with E-state index in [1.807, 2.05) is 0 Å². The first-order valence-corrected chi connectivity index (χ1v) is 8.26. The fourth-order valence-corrected chi connectivity index (χ4v) is 4.37. The summed E-state index contributed by atoms with van der Waals surface area (Å²) in [5.74, 6) is 1.20. The normalized spacial score (nSPS) is 37.1. The number of carbonyl (C=O) groups excluding carboxylic acids is 2. The van der Waals surface area contributed by atoms with Crippen molar-refractivity contribution in [3.05, 3.63) is 0 Å². The Kier molecular flexibility index (Phi) is 4.46. The zero-order chi connectivity index (χ0) is 15.7. The van der Waals surface area contributed by atoms with E-state index >= 15 is 0 Å². The van der Waals surface area contributed by atoms with E-state index in [-0.39, 0.29) is 23.8 Å². The van der Waals surface area contributed by atoms with Crippen molar-refractivity contribution in [1.29, 1.82) is 5.26 Å². The second kappa shape index (κ2) is 6.35. The van der Waals surface area contributed by atoms with Crippen LogP contribution in [0.5, 0.6) is 0 Å². The number of hydrogen-bond acceptors (Lipinski definition) is 5. The highest BCUT2D eigenvalue weighted by Crippen LogP contribution is 2.38. The van der Waals surface area contributed by atoms with Crippen LogP contribution in [0, 0.1) is 23.2 Å². The van der Waals surface area contributed by atoms with Crippen LogP contribution in [0.4, 0.5) is 0 Å². The van der Waals surface area contributed by atoms with Crippen LogP contribution in [-0.4, -0.2) is 54.4 Å². The lowest BCUT2D eigenvalue weighted by Gasteiger charge is -2.22. The van der Waals surface area contributed by atoms with Crippen molar-refractivity contribution in [2.45, 2.75) is 50.7 Å². The largest absolute Gasteiger partial charge is 0.326 e. The zero-order valence-electron chi connectivity index (χ0n) is 13.0. The Labute approximate surface area is 131 Å². The summed E-state index contributed by atoms with van der Waals surface area (Å²) in [6, 6.07) is 2.26. The molecule has 0 radical (unpaired) electrons. The molecule has 2 aliphatic heterocycles. The lowest BCUT2D eigenvalue weighted by molar-refractivity contribution is -0.130. The molecule has 1 amide bonds. The number of carbonyl (C=O) groups is 2. The highest BCUT2D eigenvalue weighted by atomic mass is 16.2. The summed E-state index contributed by atoms with van der Waals surface area (Å²) < 4.78 is 0. The van der Waals surface area contributed by atoms with Crippen LogP contribution in [0.15, 0.2) is 0 Å². The monoisotopic (exact) mass is 304 g/mol. The van der Waals surface area contributed by atoms with E-state index in [1.165, 1.54) is 0 Å². The molecule has 6 nitrogen and oxygen atoms in total. The Morgan fingerprint density at radius 3 is 2.95 bits per heavy atom. The average Bonchev–Trinajstić information content (AvgIpc) is 3.18. The molecule has 2 N–H and O–H groups in total. The van der Waals surface area contributed by atoms with Crippen molar-refractivity contribution >= 4 is 11.7 Å². The third-order valence-corrected chi connectivity index (χ3v) is 5.48. The SMILES string of the molecule is CC(=O)C1NCC2CC(NCC(=O)N3CCCC3C#N)CC21. The van der Waals surface area contributed by atoms with Gasteiger partial charge in [0.2, 0.25) is 5.91 Å². The number of nitrogens with zero attached hydrogens (tertiary/aromatic N) is 2. The molecule has 22 heavy (non-hydrogen) atoms. The lowest BCUT2D eigenvalue weighted by atomic mass is 9.92. The van der Waals surface area contributed by atoms with E-state index in [0.717, 1.165) is 32.2 Å². The minimum Gasteiger partial charge on any atom is -0.326 e. The summed E-state index contributed by atoms with van der Waals surface area (Å²) in [4.78, 5) is 25.6. The smallest absolute Gasteiger partial charge is 0.237 e. The predicted octanol–water partition coefficient (Wildman–Crippen LogP) is 0.0462. The van der Waals surface area contributed by atoms with Crippen LogP contribution in [0.2, 0.25) is 0 Å². The van der Waals surface area contributed by atoms with Gasteiger partial charge in [0.05, 0.1) is 18.7 Å². The standard InChI is InChI=1S/C16H24N4O2/c1-10(21)16-14-6-12(5-11(14)8-19-16)18-9-15(22)20-4-2-3-13(20)7-17/h11-14,16,18-19H,2-6,8-9H2,1H3. The molecular weight excluding hydrogens is 280 g/mol. The first-order valence-electron chi connectivity index (χ1n) is 8.26. The van der Waals surface area contributed by atoms with Gasteiger partial charge in [0, 0.05) is 12.6 Å². The average molecular weight is 304 g/mol. The fraction of sp³-hybridized carbons (Fsp3) is 0.812. The number of hydrogen-bond donors (Lipinski definition) is 2. The summed E-state index contributed by atoms with van der Waals surface area (Å²) >= 11 is 0. The van der Waals surface area contributed by atoms with Crippen LogP contribution < -0.4 is 10.6 Å². The van der Waals surface area contributed by atoms with E-state index < -0.39 is 0 Å². The van der Waals surface area contributed by atoms with Gasteiger partial charge >= 0.3 is 0 Å². The minimum atomic E-state index is -0.247. The molecule has 2 heterocycles. The van der Waals surface area contributed by atoms with Crippen LogP contribution in [0.25, 0.3) is 0 Å². The molecule has 2 saturated heterocycles. The van der Waals surface area contributed by atoms with Gasteiger partial charge in [0.25, 0.3) is 0 Å². The minimum absolute atomic E-state index is 0.00551. The molecular formula is C16H24N4O2. The summed E-state index contributed by atoms with van der Waals surface area (Å²) in [5.41, 5.74) is 0. The topological polar surface area (TPSA) is 85.2 Å². The second-order valence-corrected chi connectivity index (χ2v) is 6.84. The van der Waals surface area contributed by atoms with E-state index in [2.05, 4.69) is 16.7 Å². The molecule has 0 aromatic heterocycles. The van der Waals surface area contributed by atoms with E-state index in [9.17, 15) is 9.59 Å². The first kappa shape index (κ1) is 15.4. The summed E-state index contributed by atoms with van der Waals surface area (Å²) in [5, 5.41) is 15.7. The molecule has 0 aromatic rings. The number of nitrogens with one attached hydrogen (secondary N) is 2. The highest BCUT2D eigenvalue weighted by Gasteiger charge is 2.44. The number of Topliss-reactive ketones (excluding diaryl/α,β-unsaturated/α-hetero) is 1. The molecule has 3 fully saturated rings. The third kappa shape index (κ3) is 2.88. The van der Waals surface area contributed by atoms with Gasteiger partial charge in [0.1, 0.15) is 11.8 Å². The van der Waals surface area contributed by atoms with Gasteiger partial charge in [0.15, 0.2) is 0 Å². The van der Waals surface area contributed by atoms with Crippen molar-refractivity contribution in [3.63, 3.8) is 0 Å². The summed E-state index contributed by atoms with van der Waals surface area (Å²) in [6.07, 6.45) is 3.69. The van der Waals surface area contributed by atoms with Crippen LogP contribution in [-0.2, 0) is 9.59 Å². The number of amides is 1. The quantitative estimate of drug-likeness (QED) is 0.766. The van der Waals surface area contributed by atoms with Crippen molar-refractivity contribution in [3.8, 4) is 6.07 Å². The maximum Gasteiger partial charge on any atom is 0.237 e. The van der Waals surface area contributed by atoms with Crippen molar-refractivity contribution in [2.75, 3.05) is 19.6 Å². The second-order valence-electron chi connectivity index (χ2n) is 6.84. The van der Waals surface area contributed by atoms with Gasteiger partial charge in [-0.3, -0.25) is 9.59 Å². The van der Waals surface area contributed by atoms with Crippen LogP contribution >= 0.6 is 0 Å². The fourth-order valence-electron chi connectivity index (χ4n) is 4.37. The van der Waals surface area contributed by atoms with Gasteiger partial charge in [-0.2, -0.15) is 5.26 Å². The van der Waals surface area contributed by atoms with Crippen LogP contribution in [0.1, 0.15) is 32.6 Å². The number of fused-ring (bicyclic) bond motifs is 1. The molecule has 6 heteroatoms. The molecule has 1 saturated carbocycles. The lowest BCUT2D eigenvalue weighted by Crippen LogP contribution is -2.43. The van der Waals surface area contributed by atoms with E-state index in [1.54, 1.807) is 11.8 Å². The summed E-state index contributed by atoms with van der Waals surface area (Å²) in [7, 11) is 0. The highest BCUT2D eigenvalue weighted by molar-refractivity contribution is 5.82. The number of nitriles is 1. The van der Waals surface area contributed by atoms with Crippen LogP contribution in [0.3, 0.4) is 0 Å². The molecule has 5 unspecified atom stereocenters. The maximum atomic E-state index is 12.2. The molecule has 0 spiro atoms. The molecule has 3 aliphatic rings. The Balaban J connectivity index is 1.48. The Morgan fingerprint density at radius 1 is 1.41 bits per heavy atom. The maximum absolute atomic E-state index is 12.2. The van der Waals surface area contributed by atoms with E-state index in [4.69, 9.17) is 5.26 Å². The first-order chi connectivity index (χ1) is 10.6. The number of likely N-dealkylation sites (tertiary alicyclic amines) is 1. The number of rotatable bonds is 4. The number of ketones is 1. The molecule has 0 bridgehead atoms. The van der Waals surface area contributed by atoms with E-state index in [0.29, 0.717) is 31.0 Å². The van der Waals surface area contributed by atoms with Gasteiger partial charge in [-0.05, 0) is 51.0 Å². The molecule has 5 atom stereocenters. The Morgan fingerprint density at radius 2 is 2.23 bits per heavy atom. The van der Waals surface area contributed by atoms with Crippen molar-refractivity contribution in [1.82, 2.24) is 15.5 Å². The Bertz CT molecular complexity index is 501. The molecule has 1 aliphatic carbocycles. The molecule has 3 rings (SSSR count). The Hall–Kier alpha value is -1.45. The third-order valence-electron chi connectivity index (χ3n) is 5.48. The van der Waals surface area contributed by atoms with Crippen molar-refractivity contribution < 1.29 is 9.59 Å². The molecule has 0 aromatic carbocycles.